The second-order valence-corrected chi connectivity index (χ2v) is 7.96. The molecular formula is C19H23BrClN3O. The van der Waals surface area contributed by atoms with Crippen molar-refractivity contribution in [1.29, 1.82) is 0 Å². The molecule has 134 valence electrons. The minimum atomic E-state index is 0.154. The normalized spacial score (nSPS) is 17.7. The van der Waals surface area contributed by atoms with Gasteiger partial charge in [-0.05, 0) is 49.4 Å². The highest BCUT2D eigenvalue weighted by Crippen LogP contribution is 2.30. The van der Waals surface area contributed by atoms with Gasteiger partial charge >= 0.3 is 0 Å². The molecule has 2 aromatic rings. The first-order valence-electron chi connectivity index (χ1n) is 8.84. The number of amides is 1. The fourth-order valence-electron chi connectivity index (χ4n) is 3.34. The van der Waals surface area contributed by atoms with Gasteiger partial charge in [-0.1, -0.05) is 34.5 Å². The van der Waals surface area contributed by atoms with E-state index in [4.69, 9.17) is 16.6 Å². The smallest absolute Gasteiger partial charge is 0.219 e. The van der Waals surface area contributed by atoms with Gasteiger partial charge in [0.25, 0.3) is 0 Å². The fraction of sp³-hybridized carbons (Fsp3) is 0.474. The molecule has 25 heavy (non-hydrogen) atoms. The first-order chi connectivity index (χ1) is 12.1. The monoisotopic (exact) mass is 423 g/mol. The van der Waals surface area contributed by atoms with Crippen LogP contribution in [0.1, 0.15) is 32.6 Å². The number of rotatable bonds is 5. The third kappa shape index (κ3) is 4.64. The van der Waals surface area contributed by atoms with Crippen molar-refractivity contribution in [3.8, 4) is 0 Å². The molecule has 1 aliphatic rings. The molecule has 0 spiro atoms. The number of aromatic nitrogens is 1. The summed E-state index contributed by atoms with van der Waals surface area (Å²) in [6.07, 6.45) is 3.75. The maximum Gasteiger partial charge on any atom is 0.219 e. The fourth-order valence-corrected chi connectivity index (χ4v) is 4.21. The molecule has 1 unspecified atom stereocenters. The summed E-state index contributed by atoms with van der Waals surface area (Å²) in [6, 6.07) is 8.04. The predicted octanol–water partition coefficient (Wildman–Crippen LogP) is 4.78. The van der Waals surface area contributed by atoms with Crippen LogP contribution in [0.25, 0.3) is 10.9 Å². The second kappa shape index (κ2) is 8.37. The van der Waals surface area contributed by atoms with Gasteiger partial charge in [0.05, 0.1) is 10.5 Å². The SMILES string of the molecule is CCCC(=O)NCC1CCCN(c2ccc3cc(Br)cc(Cl)c3n2)C1. The van der Waals surface area contributed by atoms with Crippen molar-refractivity contribution >= 4 is 50.2 Å². The maximum absolute atomic E-state index is 11.7. The molecule has 1 N–H and O–H groups in total. The number of hydrogen-bond acceptors (Lipinski definition) is 3. The van der Waals surface area contributed by atoms with E-state index >= 15 is 0 Å². The Morgan fingerprint density at radius 3 is 3.08 bits per heavy atom. The lowest BCUT2D eigenvalue weighted by Gasteiger charge is -2.33. The van der Waals surface area contributed by atoms with Crippen molar-refractivity contribution in [3.05, 3.63) is 33.8 Å². The second-order valence-electron chi connectivity index (χ2n) is 6.64. The summed E-state index contributed by atoms with van der Waals surface area (Å²) in [4.78, 5) is 18.8. The average Bonchev–Trinajstić information content (AvgIpc) is 2.60. The topological polar surface area (TPSA) is 45.2 Å². The Kier molecular flexibility index (Phi) is 6.18. The number of carbonyl (C=O) groups is 1. The van der Waals surface area contributed by atoms with Crippen molar-refractivity contribution in [1.82, 2.24) is 10.3 Å². The van der Waals surface area contributed by atoms with E-state index in [1.54, 1.807) is 0 Å². The molecule has 0 radical (unpaired) electrons. The van der Waals surface area contributed by atoms with Gasteiger partial charge in [0.15, 0.2) is 0 Å². The molecule has 1 aromatic heterocycles. The molecule has 1 fully saturated rings. The molecule has 0 aliphatic carbocycles. The highest BCUT2D eigenvalue weighted by molar-refractivity contribution is 9.10. The van der Waals surface area contributed by atoms with Gasteiger partial charge in [0, 0.05) is 35.9 Å². The van der Waals surface area contributed by atoms with Crippen molar-refractivity contribution in [3.63, 3.8) is 0 Å². The van der Waals surface area contributed by atoms with Gasteiger partial charge in [0.2, 0.25) is 5.91 Å². The van der Waals surface area contributed by atoms with Crippen LogP contribution >= 0.6 is 27.5 Å². The lowest BCUT2D eigenvalue weighted by Crippen LogP contribution is -2.41. The van der Waals surface area contributed by atoms with E-state index in [1.165, 1.54) is 0 Å². The number of fused-ring (bicyclic) bond motifs is 1. The van der Waals surface area contributed by atoms with Crippen molar-refractivity contribution in [2.45, 2.75) is 32.6 Å². The summed E-state index contributed by atoms with van der Waals surface area (Å²) < 4.78 is 0.959. The van der Waals surface area contributed by atoms with Crippen molar-refractivity contribution in [2.75, 3.05) is 24.5 Å². The van der Waals surface area contributed by atoms with E-state index in [0.717, 1.165) is 60.1 Å². The first kappa shape index (κ1) is 18.5. The number of hydrogen-bond donors (Lipinski definition) is 1. The molecule has 0 bridgehead atoms. The lowest BCUT2D eigenvalue weighted by atomic mass is 9.98. The van der Waals surface area contributed by atoms with Gasteiger partial charge in [-0.15, -0.1) is 0 Å². The number of nitrogens with zero attached hydrogens (tertiary/aromatic N) is 2. The number of piperidine rings is 1. The van der Waals surface area contributed by atoms with Crippen LogP contribution in [0.15, 0.2) is 28.7 Å². The number of nitrogens with one attached hydrogen (secondary N) is 1. The number of halogens is 2. The maximum atomic E-state index is 11.7. The van der Waals surface area contributed by atoms with E-state index in [-0.39, 0.29) is 5.91 Å². The van der Waals surface area contributed by atoms with E-state index < -0.39 is 0 Å². The van der Waals surface area contributed by atoms with Gasteiger partial charge in [-0.2, -0.15) is 0 Å². The van der Waals surface area contributed by atoms with Crippen molar-refractivity contribution in [2.24, 2.45) is 5.92 Å². The molecule has 1 atom stereocenters. The number of benzene rings is 1. The highest BCUT2D eigenvalue weighted by Gasteiger charge is 2.21. The first-order valence-corrected chi connectivity index (χ1v) is 10.0. The molecule has 1 saturated heterocycles. The number of carbonyl (C=O) groups excluding carboxylic acids is 1. The van der Waals surface area contributed by atoms with E-state index in [1.807, 2.05) is 19.1 Å². The van der Waals surface area contributed by atoms with Crippen LogP contribution in [0.3, 0.4) is 0 Å². The van der Waals surface area contributed by atoms with Gasteiger partial charge in [-0.25, -0.2) is 4.98 Å². The van der Waals surface area contributed by atoms with Crippen LogP contribution in [-0.4, -0.2) is 30.5 Å². The Balaban J connectivity index is 1.71. The summed E-state index contributed by atoms with van der Waals surface area (Å²) in [5, 5.41) is 4.75. The Bertz CT molecular complexity index is 768. The molecule has 6 heteroatoms. The summed E-state index contributed by atoms with van der Waals surface area (Å²) in [5.74, 6) is 1.58. The molecule has 4 nitrogen and oxygen atoms in total. The van der Waals surface area contributed by atoms with Gasteiger partial charge < -0.3 is 10.2 Å². The molecule has 1 amide bonds. The minimum absolute atomic E-state index is 0.154. The van der Waals surface area contributed by atoms with Crippen LogP contribution in [-0.2, 0) is 4.79 Å². The van der Waals surface area contributed by atoms with Crippen LogP contribution in [0.2, 0.25) is 5.02 Å². The van der Waals surface area contributed by atoms with E-state index in [0.29, 0.717) is 17.4 Å². The Morgan fingerprint density at radius 1 is 1.44 bits per heavy atom. The Hall–Kier alpha value is -1.33. The quantitative estimate of drug-likeness (QED) is 0.751. The zero-order chi connectivity index (χ0) is 17.8. The molecule has 3 rings (SSSR count). The highest BCUT2D eigenvalue weighted by atomic mass is 79.9. The number of anilines is 1. The van der Waals surface area contributed by atoms with Crippen molar-refractivity contribution < 1.29 is 4.79 Å². The summed E-state index contributed by atoms with van der Waals surface area (Å²) >= 11 is 9.83. The Morgan fingerprint density at radius 2 is 2.28 bits per heavy atom. The van der Waals surface area contributed by atoms with E-state index in [9.17, 15) is 4.79 Å². The van der Waals surface area contributed by atoms with Crippen LogP contribution in [0.5, 0.6) is 0 Å². The zero-order valence-corrected chi connectivity index (χ0v) is 16.7. The Labute approximate surface area is 162 Å². The largest absolute Gasteiger partial charge is 0.356 e. The third-order valence-corrected chi connectivity index (χ3v) is 5.35. The molecule has 2 heterocycles. The zero-order valence-electron chi connectivity index (χ0n) is 14.4. The summed E-state index contributed by atoms with van der Waals surface area (Å²) in [5.41, 5.74) is 0.834. The molecule has 1 aliphatic heterocycles. The molecule has 1 aromatic carbocycles. The predicted molar refractivity (Wildman–Crippen MR) is 107 cm³/mol. The van der Waals surface area contributed by atoms with Gasteiger partial charge in [0.1, 0.15) is 5.82 Å². The van der Waals surface area contributed by atoms with Crippen LogP contribution < -0.4 is 10.2 Å². The third-order valence-electron chi connectivity index (χ3n) is 4.60. The summed E-state index contributed by atoms with van der Waals surface area (Å²) in [6.45, 7) is 4.68. The number of pyridine rings is 1. The molecule has 0 saturated carbocycles. The average molecular weight is 425 g/mol. The van der Waals surface area contributed by atoms with Crippen LogP contribution in [0, 0.1) is 5.92 Å². The summed E-state index contributed by atoms with van der Waals surface area (Å²) in [7, 11) is 0. The lowest BCUT2D eigenvalue weighted by molar-refractivity contribution is -0.121. The van der Waals surface area contributed by atoms with Crippen LogP contribution in [0.4, 0.5) is 5.82 Å². The van der Waals surface area contributed by atoms with Gasteiger partial charge in [-0.3, -0.25) is 4.79 Å². The molecular weight excluding hydrogens is 402 g/mol. The van der Waals surface area contributed by atoms with E-state index in [2.05, 4.69) is 38.3 Å². The minimum Gasteiger partial charge on any atom is -0.356 e. The standard InChI is InChI=1S/C19H23BrClN3O/c1-2-4-18(25)22-11-13-5-3-8-24(12-13)17-7-6-14-9-15(20)10-16(21)19(14)23-17/h6-7,9-10,13H,2-5,8,11-12H2,1H3,(H,22,25).